The number of thioether (sulfide) groups is 1. The largest absolute Gasteiger partial charge is 0.466 e. The van der Waals surface area contributed by atoms with Crippen molar-refractivity contribution in [3.05, 3.63) is 53.1 Å². The van der Waals surface area contributed by atoms with Crippen LogP contribution in [0.5, 0.6) is 0 Å². The fraction of sp³-hybridized carbons (Fsp3) is 0.211. The number of hydrogen-bond donors (Lipinski definition) is 0. The van der Waals surface area contributed by atoms with Crippen LogP contribution in [0.25, 0.3) is 17.4 Å². The number of amides is 1. The minimum Gasteiger partial charge on any atom is -0.466 e. The molecule has 0 radical (unpaired) electrons. The third kappa shape index (κ3) is 4.42. The Hall–Kier alpha value is -2.38. The summed E-state index contributed by atoms with van der Waals surface area (Å²) in [7, 11) is 0. The molecular formula is C19H17NO4S2. The summed E-state index contributed by atoms with van der Waals surface area (Å²) in [5, 5.41) is -0.126. The van der Waals surface area contributed by atoms with Gasteiger partial charge in [0.25, 0.3) is 5.24 Å². The van der Waals surface area contributed by atoms with Gasteiger partial charge < -0.3 is 9.15 Å². The highest BCUT2D eigenvalue weighted by molar-refractivity contribution is 8.19. The van der Waals surface area contributed by atoms with Crippen LogP contribution in [0.1, 0.15) is 19.1 Å². The van der Waals surface area contributed by atoms with Gasteiger partial charge in [0, 0.05) is 19.0 Å². The Balaban J connectivity index is 1.66. The number of ether oxygens (including phenoxy) is 1. The van der Waals surface area contributed by atoms with Gasteiger partial charge in [0.2, 0.25) is 0 Å². The lowest BCUT2D eigenvalue weighted by Gasteiger charge is -2.14. The molecule has 0 aliphatic carbocycles. The van der Waals surface area contributed by atoms with E-state index in [1.54, 1.807) is 6.08 Å². The second-order valence-corrected chi connectivity index (χ2v) is 6.97. The fourth-order valence-corrected chi connectivity index (χ4v) is 3.72. The number of benzene rings is 1. The van der Waals surface area contributed by atoms with Crippen molar-refractivity contribution in [1.29, 1.82) is 0 Å². The zero-order valence-corrected chi connectivity index (χ0v) is 15.8. The summed E-state index contributed by atoms with van der Waals surface area (Å²) in [6.45, 7) is 2.04. The van der Waals surface area contributed by atoms with E-state index in [1.807, 2.05) is 42.5 Å². The van der Waals surface area contributed by atoms with Gasteiger partial charge in [-0.25, -0.2) is 0 Å². The molecule has 26 heavy (non-hydrogen) atoms. The van der Waals surface area contributed by atoms with Crippen molar-refractivity contribution in [2.75, 3.05) is 13.2 Å². The molecule has 1 saturated heterocycles. The lowest BCUT2D eigenvalue weighted by atomic mass is 10.2. The van der Waals surface area contributed by atoms with Crippen molar-refractivity contribution in [3.63, 3.8) is 0 Å². The number of carbonyl (C=O) groups excluding carboxylic acids is 2. The number of thiocarbonyl (C=S) groups is 1. The molecule has 0 bridgehead atoms. The molecule has 2 aromatic rings. The maximum atomic E-state index is 12.2. The van der Waals surface area contributed by atoms with Crippen molar-refractivity contribution in [3.8, 4) is 11.3 Å². The summed E-state index contributed by atoms with van der Waals surface area (Å²) in [6.07, 6.45) is 2.32. The summed E-state index contributed by atoms with van der Waals surface area (Å²) in [5.41, 5.74) is 0.988. The van der Waals surface area contributed by atoms with Crippen molar-refractivity contribution < 1.29 is 18.7 Å². The van der Waals surface area contributed by atoms with Crippen LogP contribution in [0.2, 0.25) is 0 Å². The maximum Gasteiger partial charge on any atom is 0.302 e. The molecule has 0 spiro atoms. The second kappa shape index (κ2) is 8.33. The van der Waals surface area contributed by atoms with Crippen LogP contribution in [-0.2, 0) is 9.53 Å². The van der Waals surface area contributed by atoms with E-state index in [0.29, 0.717) is 28.6 Å². The van der Waals surface area contributed by atoms with Gasteiger partial charge in [0.05, 0.1) is 11.5 Å². The Morgan fingerprint density at radius 1 is 1.27 bits per heavy atom. The molecule has 1 aromatic carbocycles. The van der Waals surface area contributed by atoms with E-state index >= 15 is 0 Å². The van der Waals surface area contributed by atoms with Crippen LogP contribution < -0.4 is 0 Å². The second-order valence-electron chi connectivity index (χ2n) is 5.59. The quantitative estimate of drug-likeness (QED) is 0.309. The number of carbonyl (C=O) groups is 2. The topological polar surface area (TPSA) is 59.8 Å². The molecule has 3 rings (SSSR count). The lowest BCUT2D eigenvalue weighted by molar-refractivity contribution is -0.141. The average molecular weight is 387 g/mol. The van der Waals surface area contributed by atoms with Gasteiger partial charge in [-0.2, -0.15) is 0 Å². The number of hydrogen-bond acceptors (Lipinski definition) is 6. The van der Waals surface area contributed by atoms with Crippen LogP contribution in [0, 0.1) is 0 Å². The van der Waals surface area contributed by atoms with Gasteiger partial charge in [0.15, 0.2) is 0 Å². The third-order valence-electron chi connectivity index (χ3n) is 3.66. The van der Waals surface area contributed by atoms with E-state index in [0.717, 1.165) is 23.1 Å². The molecule has 0 atom stereocenters. The summed E-state index contributed by atoms with van der Waals surface area (Å²) in [5.74, 6) is 1.07. The first-order valence-corrected chi connectivity index (χ1v) is 9.31. The van der Waals surface area contributed by atoms with Crippen molar-refractivity contribution in [2.24, 2.45) is 0 Å². The Morgan fingerprint density at radius 2 is 2.04 bits per heavy atom. The number of esters is 1. The third-order valence-corrected chi connectivity index (χ3v) is 5.16. The summed E-state index contributed by atoms with van der Waals surface area (Å²) in [4.78, 5) is 25.6. The van der Waals surface area contributed by atoms with Gasteiger partial charge in [0.1, 0.15) is 16.5 Å². The van der Waals surface area contributed by atoms with Gasteiger partial charge >= 0.3 is 5.97 Å². The number of furan rings is 1. The molecule has 7 heteroatoms. The first-order valence-electron chi connectivity index (χ1n) is 8.08. The lowest BCUT2D eigenvalue weighted by Crippen LogP contribution is -2.28. The molecule has 2 heterocycles. The normalized spacial score (nSPS) is 15.7. The Kier molecular flexibility index (Phi) is 5.90. The van der Waals surface area contributed by atoms with Gasteiger partial charge in [-0.05, 0) is 36.4 Å². The molecule has 0 saturated carbocycles. The highest BCUT2D eigenvalue weighted by Gasteiger charge is 2.31. The Morgan fingerprint density at radius 3 is 2.77 bits per heavy atom. The summed E-state index contributed by atoms with van der Waals surface area (Å²) >= 11 is 6.49. The molecule has 1 aliphatic rings. The number of rotatable bonds is 6. The first kappa shape index (κ1) is 18.4. The predicted molar refractivity (Wildman–Crippen MR) is 106 cm³/mol. The Labute approximate surface area is 161 Å². The summed E-state index contributed by atoms with van der Waals surface area (Å²) in [6, 6.07) is 13.5. The smallest absolute Gasteiger partial charge is 0.302 e. The van der Waals surface area contributed by atoms with Crippen LogP contribution in [0.15, 0.2) is 51.8 Å². The van der Waals surface area contributed by atoms with Crippen LogP contribution in [0.3, 0.4) is 0 Å². The average Bonchev–Trinajstić information content (AvgIpc) is 3.19. The first-order chi connectivity index (χ1) is 12.5. The SMILES string of the molecule is CC(=O)OCCCN1C(=O)S/C(=C\c2ccc(-c3ccccc3)o2)C1=S. The van der Waals surface area contributed by atoms with Crippen LogP contribution in [-0.4, -0.2) is 34.2 Å². The molecule has 0 unspecified atom stereocenters. The van der Waals surface area contributed by atoms with Crippen molar-refractivity contribution in [2.45, 2.75) is 13.3 Å². The Bertz CT molecular complexity index is 857. The van der Waals surface area contributed by atoms with E-state index < -0.39 is 0 Å². The minimum atomic E-state index is -0.331. The fourth-order valence-electron chi connectivity index (χ4n) is 2.45. The van der Waals surface area contributed by atoms with Gasteiger partial charge in [-0.3, -0.25) is 14.5 Å². The molecule has 5 nitrogen and oxygen atoms in total. The predicted octanol–water partition coefficient (Wildman–Crippen LogP) is 4.74. The number of nitrogens with zero attached hydrogens (tertiary/aromatic N) is 1. The zero-order valence-electron chi connectivity index (χ0n) is 14.1. The highest BCUT2D eigenvalue weighted by Crippen LogP contribution is 2.34. The molecule has 134 valence electrons. The minimum absolute atomic E-state index is 0.126. The molecule has 1 aromatic heterocycles. The molecule has 0 N–H and O–H groups in total. The van der Waals surface area contributed by atoms with Crippen LogP contribution in [0.4, 0.5) is 4.79 Å². The van der Waals surface area contributed by atoms with E-state index in [9.17, 15) is 9.59 Å². The monoisotopic (exact) mass is 387 g/mol. The summed E-state index contributed by atoms with van der Waals surface area (Å²) < 4.78 is 10.7. The maximum absolute atomic E-state index is 12.2. The van der Waals surface area contributed by atoms with Crippen molar-refractivity contribution in [1.82, 2.24) is 4.90 Å². The molecule has 1 fully saturated rings. The van der Waals surface area contributed by atoms with Crippen LogP contribution >= 0.6 is 24.0 Å². The van der Waals surface area contributed by atoms with E-state index in [-0.39, 0.29) is 17.8 Å². The van der Waals surface area contributed by atoms with Crippen molar-refractivity contribution >= 4 is 46.3 Å². The standard InChI is InChI=1S/C19H17NO4S2/c1-13(21)23-11-5-10-20-18(25)17(26-19(20)22)12-15-8-9-16(24-15)14-6-3-2-4-7-14/h2-4,6-9,12H,5,10-11H2,1H3/b17-12-. The van der Waals surface area contributed by atoms with E-state index in [2.05, 4.69) is 0 Å². The molecule has 1 amide bonds. The molecule has 1 aliphatic heterocycles. The zero-order chi connectivity index (χ0) is 18.5. The van der Waals surface area contributed by atoms with E-state index in [1.165, 1.54) is 11.8 Å². The van der Waals surface area contributed by atoms with Gasteiger partial charge in [-0.1, -0.05) is 42.5 Å². The van der Waals surface area contributed by atoms with E-state index in [4.69, 9.17) is 21.4 Å². The highest BCUT2D eigenvalue weighted by atomic mass is 32.2. The molecular weight excluding hydrogens is 370 g/mol. The van der Waals surface area contributed by atoms with Gasteiger partial charge in [-0.15, -0.1) is 0 Å².